The van der Waals surface area contributed by atoms with Gasteiger partial charge in [0.15, 0.2) is 0 Å². The van der Waals surface area contributed by atoms with E-state index in [9.17, 15) is 12.8 Å². The minimum atomic E-state index is -3.87. The van der Waals surface area contributed by atoms with Crippen LogP contribution >= 0.6 is 0 Å². The molecule has 0 saturated carbocycles. The van der Waals surface area contributed by atoms with Gasteiger partial charge in [-0.05, 0) is 31.5 Å². The monoisotopic (exact) mass is 299 g/mol. The number of aliphatic hydroxyl groups excluding tert-OH is 1. The molecule has 1 aromatic carbocycles. The standard InChI is InChI=1S/C14H18FNO3S/c1-3-5-11(2)16-20(18,19)14-8-7-12(6-4-9-17)10-13(14)15/h7-8,10-11,16-17H,3,5,9H2,1-2H3. The number of benzene rings is 1. The summed E-state index contributed by atoms with van der Waals surface area (Å²) in [6, 6.07) is 3.38. The Bertz CT molecular complexity index is 617. The molecule has 110 valence electrons. The molecule has 0 bridgehead atoms. The first kappa shape index (κ1) is 16.6. The van der Waals surface area contributed by atoms with Crippen molar-refractivity contribution in [2.24, 2.45) is 0 Å². The first-order chi connectivity index (χ1) is 9.40. The van der Waals surface area contributed by atoms with E-state index in [0.29, 0.717) is 12.0 Å². The molecular weight excluding hydrogens is 281 g/mol. The van der Waals surface area contributed by atoms with Crippen molar-refractivity contribution in [1.82, 2.24) is 4.72 Å². The van der Waals surface area contributed by atoms with Gasteiger partial charge < -0.3 is 5.11 Å². The van der Waals surface area contributed by atoms with Crippen LogP contribution in [0.3, 0.4) is 0 Å². The summed E-state index contributed by atoms with van der Waals surface area (Å²) in [6.07, 6.45) is 1.52. The lowest BCUT2D eigenvalue weighted by molar-refractivity contribution is 0.350. The largest absolute Gasteiger partial charge is 0.384 e. The summed E-state index contributed by atoms with van der Waals surface area (Å²) in [5.74, 6) is 4.04. The van der Waals surface area contributed by atoms with Crippen molar-refractivity contribution in [3.8, 4) is 11.8 Å². The number of halogens is 1. The molecule has 1 rings (SSSR count). The van der Waals surface area contributed by atoms with E-state index < -0.39 is 20.7 Å². The van der Waals surface area contributed by atoms with E-state index in [1.807, 2.05) is 6.92 Å². The van der Waals surface area contributed by atoms with Crippen molar-refractivity contribution in [3.05, 3.63) is 29.6 Å². The molecule has 1 aromatic rings. The Labute approximate surface area is 119 Å². The SMILES string of the molecule is CCCC(C)NS(=O)(=O)c1ccc(C#CCO)cc1F. The smallest absolute Gasteiger partial charge is 0.243 e. The van der Waals surface area contributed by atoms with E-state index in [1.54, 1.807) is 6.92 Å². The van der Waals surface area contributed by atoms with Crippen LogP contribution in [-0.4, -0.2) is 26.2 Å². The molecule has 0 amide bonds. The fourth-order valence-electron chi connectivity index (χ4n) is 1.76. The lowest BCUT2D eigenvalue weighted by Crippen LogP contribution is -2.33. The fourth-order valence-corrected chi connectivity index (χ4v) is 3.10. The van der Waals surface area contributed by atoms with Gasteiger partial charge >= 0.3 is 0 Å². The molecule has 0 fully saturated rings. The van der Waals surface area contributed by atoms with Gasteiger partial charge in [-0.3, -0.25) is 0 Å². The molecule has 20 heavy (non-hydrogen) atoms. The van der Waals surface area contributed by atoms with E-state index in [0.717, 1.165) is 12.5 Å². The highest BCUT2D eigenvalue weighted by Gasteiger charge is 2.21. The topological polar surface area (TPSA) is 66.4 Å². The van der Waals surface area contributed by atoms with Gasteiger partial charge in [-0.2, -0.15) is 0 Å². The molecule has 0 saturated heterocycles. The summed E-state index contributed by atoms with van der Waals surface area (Å²) in [5.41, 5.74) is 0.317. The first-order valence-electron chi connectivity index (χ1n) is 6.32. The third-order valence-electron chi connectivity index (χ3n) is 2.61. The molecule has 0 aliphatic heterocycles. The van der Waals surface area contributed by atoms with Crippen molar-refractivity contribution in [3.63, 3.8) is 0 Å². The molecular formula is C14H18FNO3S. The van der Waals surface area contributed by atoms with Crippen molar-refractivity contribution >= 4 is 10.0 Å². The molecule has 1 atom stereocenters. The van der Waals surface area contributed by atoms with Crippen LogP contribution in [0.1, 0.15) is 32.3 Å². The first-order valence-corrected chi connectivity index (χ1v) is 7.80. The second-order valence-corrected chi connectivity index (χ2v) is 6.10. The van der Waals surface area contributed by atoms with Crippen LogP contribution < -0.4 is 4.72 Å². The van der Waals surface area contributed by atoms with Gasteiger partial charge in [-0.25, -0.2) is 17.5 Å². The minimum Gasteiger partial charge on any atom is -0.384 e. The van der Waals surface area contributed by atoms with Crippen LogP contribution in [0.4, 0.5) is 4.39 Å². The van der Waals surface area contributed by atoms with E-state index in [2.05, 4.69) is 16.6 Å². The zero-order valence-electron chi connectivity index (χ0n) is 11.5. The Morgan fingerprint density at radius 3 is 2.70 bits per heavy atom. The molecule has 6 heteroatoms. The highest BCUT2D eigenvalue weighted by atomic mass is 32.2. The van der Waals surface area contributed by atoms with Gasteiger partial charge in [-0.1, -0.05) is 25.2 Å². The number of hydrogen-bond donors (Lipinski definition) is 2. The minimum absolute atomic E-state index is 0.252. The average molecular weight is 299 g/mol. The Balaban J connectivity index is 3.01. The molecule has 0 aliphatic carbocycles. The number of rotatable bonds is 5. The van der Waals surface area contributed by atoms with Crippen LogP contribution in [-0.2, 0) is 10.0 Å². The summed E-state index contributed by atoms with van der Waals surface area (Å²) < 4.78 is 40.4. The van der Waals surface area contributed by atoms with Crippen molar-refractivity contribution in [1.29, 1.82) is 0 Å². The molecule has 0 aromatic heterocycles. The lowest BCUT2D eigenvalue weighted by atomic mass is 10.2. The predicted octanol–water partition coefficient (Wildman–Crippen LogP) is 1.64. The van der Waals surface area contributed by atoms with Crippen LogP contribution in [0.5, 0.6) is 0 Å². The van der Waals surface area contributed by atoms with Gasteiger partial charge in [0.1, 0.15) is 17.3 Å². The van der Waals surface area contributed by atoms with Gasteiger partial charge in [0.25, 0.3) is 0 Å². The summed E-state index contributed by atoms with van der Waals surface area (Å²) >= 11 is 0. The molecule has 0 heterocycles. The molecule has 0 radical (unpaired) electrons. The second-order valence-electron chi connectivity index (χ2n) is 4.42. The van der Waals surface area contributed by atoms with E-state index >= 15 is 0 Å². The van der Waals surface area contributed by atoms with Crippen molar-refractivity contribution < 1.29 is 17.9 Å². The van der Waals surface area contributed by atoms with E-state index in [1.165, 1.54) is 12.1 Å². The maximum atomic E-state index is 13.9. The number of hydrogen-bond acceptors (Lipinski definition) is 3. The van der Waals surface area contributed by atoms with Crippen LogP contribution in [0, 0.1) is 17.7 Å². The summed E-state index contributed by atoms with van der Waals surface area (Å²) in [6.45, 7) is 3.35. The fraction of sp³-hybridized carbons (Fsp3) is 0.429. The van der Waals surface area contributed by atoms with Crippen molar-refractivity contribution in [2.75, 3.05) is 6.61 Å². The number of sulfonamides is 1. The number of nitrogens with one attached hydrogen (secondary N) is 1. The van der Waals surface area contributed by atoms with Gasteiger partial charge in [0, 0.05) is 11.6 Å². The highest BCUT2D eigenvalue weighted by Crippen LogP contribution is 2.16. The average Bonchev–Trinajstić information content (AvgIpc) is 2.35. The maximum Gasteiger partial charge on any atom is 0.243 e. The van der Waals surface area contributed by atoms with E-state index in [-0.39, 0.29) is 12.6 Å². The molecule has 4 nitrogen and oxygen atoms in total. The Morgan fingerprint density at radius 1 is 1.45 bits per heavy atom. The summed E-state index contributed by atoms with van der Waals surface area (Å²) in [4.78, 5) is -0.394. The molecule has 0 aliphatic rings. The Morgan fingerprint density at radius 2 is 2.15 bits per heavy atom. The quantitative estimate of drug-likeness (QED) is 0.812. The predicted molar refractivity (Wildman–Crippen MR) is 75.1 cm³/mol. The molecule has 2 N–H and O–H groups in total. The van der Waals surface area contributed by atoms with Gasteiger partial charge in [-0.15, -0.1) is 0 Å². The number of aliphatic hydroxyl groups is 1. The van der Waals surface area contributed by atoms with Crippen LogP contribution in [0.25, 0.3) is 0 Å². The zero-order chi connectivity index (χ0) is 15.2. The Kier molecular flexibility index (Phi) is 6.14. The van der Waals surface area contributed by atoms with Gasteiger partial charge in [0.05, 0.1) is 0 Å². The highest BCUT2D eigenvalue weighted by molar-refractivity contribution is 7.89. The third kappa shape index (κ3) is 4.60. The van der Waals surface area contributed by atoms with Gasteiger partial charge in [0.2, 0.25) is 10.0 Å². The third-order valence-corrected chi connectivity index (χ3v) is 4.23. The van der Waals surface area contributed by atoms with Crippen molar-refractivity contribution in [2.45, 2.75) is 37.6 Å². The maximum absolute atomic E-state index is 13.9. The Hall–Kier alpha value is -1.42. The lowest BCUT2D eigenvalue weighted by Gasteiger charge is -2.13. The molecule has 0 spiro atoms. The summed E-state index contributed by atoms with van der Waals surface area (Å²) in [5, 5.41) is 8.56. The summed E-state index contributed by atoms with van der Waals surface area (Å²) in [7, 11) is -3.87. The second kappa shape index (κ2) is 7.39. The van der Waals surface area contributed by atoms with Crippen LogP contribution in [0.15, 0.2) is 23.1 Å². The normalized spacial score (nSPS) is 12.6. The molecule has 1 unspecified atom stereocenters. The van der Waals surface area contributed by atoms with Crippen LogP contribution in [0.2, 0.25) is 0 Å². The zero-order valence-corrected chi connectivity index (χ0v) is 12.3. The van der Waals surface area contributed by atoms with E-state index in [4.69, 9.17) is 5.11 Å².